The van der Waals surface area contributed by atoms with Crippen LogP contribution in [0.1, 0.15) is 50.3 Å². The van der Waals surface area contributed by atoms with Crippen LogP contribution in [0.5, 0.6) is 0 Å². The number of rotatable bonds is 5. The minimum atomic E-state index is -0.270. The van der Waals surface area contributed by atoms with E-state index in [0.717, 1.165) is 30.4 Å². The Morgan fingerprint density at radius 1 is 1.45 bits per heavy atom. The number of aliphatic hydroxyl groups excluding tert-OH is 1. The molecule has 3 N–H and O–H groups in total. The molecule has 0 aliphatic heterocycles. The first-order chi connectivity index (χ1) is 10.5. The molecule has 0 spiro atoms. The monoisotopic (exact) mass is 308 g/mol. The molecule has 1 aromatic carbocycles. The van der Waals surface area contributed by atoms with Gasteiger partial charge in [-0.15, -0.1) is 0 Å². The van der Waals surface area contributed by atoms with Crippen LogP contribution in [0.15, 0.2) is 18.2 Å². The lowest BCUT2D eigenvalue weighted by molar-refractivity contribution is 0.215. The number of carbonyl (C=O) groups excluding carboxylic acids is 1. The highest BCUT2D eigenvalue weighted by Crippen LogP contribution is 2.30. The lowest BCUT2D eigenvalue weighted by Crippen LogP contribution is -2.46. The maximum absolute atomic E-state index is 13.5. The fourth-order valence-corrected chi connectivity index (χ4v) is 3.00. The lowest BCUT2D eigenvalue weighted by atomic mass is 9.87. The average molecular weight is 308 g/mol. The first-order valence-electron chi connectivity index (χ1n) is 7.97. The van der Waals surface area contributed by atoms with Crippen molar-refractivity contribution in [1.29, 1.82) is 0 Å². The van der Waals surface area contributed by atoms with Crippen molar-refractivity contribution in [1.82, 2.24) is 10.6 Å². The molecule has 0 bridgehead atoms. The summed E-state index contributed by atoms with van der Waals surface area (Å²) in [4.78, 5) is 12.2. The Labute approximate surface area is 131 Å². The van der Waals surface area contributed by atoms with Crippen LogP contribution in [0.2, 0.25) is 0 Å². The standard InChI is InChI=1S/C17H25FN2O2/c1-11(2)15(8-9-21)19-17(22)20-16-5-3-4-12-6-7-13(18)10-14(12)16/h6-7,10-11,15-16,21H,3-5,8-9H2,1-2H3,(H2,19,20,22). The molecule has 5 heteroatoms. The Morgan fingerprint density at radius 2 is 2.23 bits per heavy atom. The van der Waals surface area contributed by atoms with Gasteiger partial charge in [-0.05, 0) is 54.9 Å². The van der Waals surface area contributed by atoms with Gasteiger partial charge in [0.1, 0.15) is 5.82 Å². The summed E-state index contributed by atoms with van der Waals surface area (Å²) in [5.74, 6) is -0.0258. The van der Waals surface area contributed by atoms with Crippen LogP contribution in [0, 0.1) is 11.7 Å². The van der Waals surface area contributed by atoms with E-state index in [9.17, 15) is 9.18 Å². The second kappa shape index (κ2) is 7.58. The summed E-state index contributed by atoms with van der Waals surface area (Å²) in [6.07, 6.45) is 3.25. The molecular weight excluding hydrogens is 283 g/mol. The first-order valence-corrected chi connectivity index (χ1v) is 7.97. The van der Waals surface area contributed by atoms with Gasteiger partial charge in [-0.3, -0.25) is 0 Å². The summed E-state index contributed by atoms with van der Waals surface area (Å²) >= 11 is 0. The van der Waals surface area contributed by atoms with E-state index in [2.05, 4.69) is 10.6 Å². The molecular formula is C17H25FN2O2. The van der Waals surface area contributed by atoms with E-state index in [-0.39, 0.29) is 36.5 Å². The topological polar surface area (TPSA) is 61.4 Å². The fourth-order valence-electron chi connectivity index (χ4n) is 3.00. The molecule has 4 nitrogen and oxygen atoms in total. The summed E-state index contributed by atoms with van der Waals surface area (Å²) in [5.41, 5.74) is 1.98. The minimum Gasteiger partial charge on any atom is -0.396 e. The molecule has 2 atom stereocenters. The van der Waals surface area contributed by atoms with Crippen molar-refractivity contribution in [3.63, 3.8) is 0 Å². The second-order valence-electron chi connectivity index (χ2n) is 6.27. The molecule has 22 heavy (non-hydrogen) atoms. The quantitative estimate of drug-likeness (QED) is 0.783. The Morgan fingerprint density at radius 3 is 2.91 bits per heavy atom. The van der Waals surface area contributed by atoms with Gasteiger partial charge in [0.05, 0.1) is 6.04 Å². The summed E-state index contributed by atoms with van der Waals surface area (Å²) in [6.45, 7) is 4.05. The predicted molar refractivity (Wildman–Crippen MR) is 84.1 cm³/mol. The molecule has 1 aliphatic carbocycles. The predicted octanol–water partition coefficient (Wildman–Crippen LogP) is 2.91. The number of aryl methyl sites for hydroxylation is 1. The Kier molecular flexibility index (Phi) is 5.77. The number of carbonyl (C=O) groups is 1. The smallest absolute Gasteiger partial charge is 0.315 e. The van der Waals surface area contributed by atoms with Crippen molar-refractivity contribution in [2.24, 2.45) is 5.92 Å². The van der Waals surface area contributed by atoms with Gasteiger partial charge < -0.3 is 15.7 Å². The zero-order valence-corrected chi connectivity index (χ0v) is 13.2. The van der Waals surface area contributed by atoms with Gasteiger partial charge in [0.15, 0.2) is 0 Å². The summed E-state index contributed by atoms with van der Waals surface area (Å²) in [5, 5.41) is 14.9. The average Bonchev–Trinajstić information content (AvgIpc) is 2.47. The molecule has 2 rings (SSSR count). The molecule has 2 unspecified atom stereocenters. The van der Waals surface area contributed by atoms with Crippen molar-refractivity contribution < 1.29 is 14.3 Å². The largest absolute Gasteiger partial charge is 0.396 e. The van der Waals surface area contributed by atoms with E-state index in [4.69, 9.17) is 5.11 Å². The number of fused-ring (bicyclic) bond motifs is 1. The third-order valence-corrected chi connectivity index (χ3v) is 4.29. The third kappa shape index (κ3) is 4.19. The zero-order chi connectivity index (χ0) is 16.1. The number of nitrogens with one attached hydrogen (secondary N) is 2. The minimum absolute atomic E-state index is 0.0423. The van der Waals surface area contributed by atoms with Crippen molar-refractivity contribution in [2.75, 3.05) is 6.61 Å². The van der Waals surface area contributed by atoms with Crippen molar-refractivity contribution in [3.8, 4) is 0 Å². The molecule has 0 radical (unpaired) electrons. The Hall–Kier alpha value is -1.62. The van der Waals surface area contributed by atoms with Crippen molar-refractivity contribution in [2.45, 2.75) is 51.6 Å². The number of benzene rings is 1. The maximum atomic E-state index is 13.5. The van der Waals surface area contributed by atoms with Gasteiger partial charge in [0.2, 0.25) is 0 Å². The molecule has 0 heterocycles. The number of amides is 2. The summed E-state index contributed by atoms with van der Waals surface area (Å²) < 4.78 is 13.5. The van der Waals surface area contributed by atoms with Crippen LogP contribution in [0.4, 0.5) is 9.18 Å². The highest BCUT2D eigenvalue weighted by Gasteiger charge is 2.23. The number of hydrogen-bond donors (Lipinski definition) is 3. The molecule has 0 saturated heterocycles. The summed E-state index contributed by atoms with van der Waals surface area (Å²) in [6, 6.07) is 4.32. The van der Waals surface area contributed by atoms with E-state index in [1.54, 1.807) is 6.07 Å². The van der Waals surface area contributed by atoms with E-state index in [1.165, 1.54) is 12.1 Å². The normalized spacial score (nSPS) is 18.7. The van der Waals surface area contributed by atoms with Gasteiger partial charge >= 0.3 is 6.03 Å². The van der Waals surface area contributed by atoms with E-state index in [1.807, 2.05) is 13.8 Å². The van der Waals surface area contributed by atoms with Gasteiger partial charge in [0.25, 0.3) is 0 Å². The number of aliphatic hydroxyl groups is 1. The third-order valence-electron chi connectivity index (χ3n) is 4.29. The van der Waals surface area contributed by atoms with Gasteiger partial charge in [-0.25, -0.2) is 9.18 Å². The van der Waals surface area contributed by atoms with E-state index in [0.29, 0.717) is 6.42 Å². The molecule has 0 aromatic heterocycles. The van der Waals surface area contributed by atoms with Gasteiger partial charge in [0, 0.05) is 12.6 Å². The van der Waals surface area contributed by atoms with Crippen LogP contribution < -0.4 is 10.6 Å². The Balaban J connectivity index is 2.02. The SMILES string of the molecule is CC(C)C(CCO)NC(=O)NC1CCCc2ccc(F)cc21. The molecule has 1 aliphatic rings. The van der Waals surface area contributed by atoms with Crippen LogP contribution in [0.25, 0.3) is 0 Å². The van der Waals surface area contributed by atoms with E-state index >= 15 is 0 Å². The highest BCUT2D eigenvalue weighted by atomic mass is 19.1. The molecule has 0 saturated carbocycles. The number of hydrogen-bond acceptors (Lipinski definition) is 2. The first kappa shape index (κ1) is 16.7. The van der Waals surface area contributed by atoms with Crippen LogP contribution in [-0.2, 0) is 6.42 Å². The zero-order valence-electron chi connectivity index (χ0n) is 13.2. The Bertz CT molecular complexity index is 519. The number of urea groups is 1. The maximum Gasteiger partial charge on any atom is 0.315 e. The lowest BCUT2D eigenvalue weighted by Gasteiger charge is -2.28. The van der Waals surface area contributed by atoms with Gasteiger partial charge in [-0.2, -0.15) is 0 Å². The highest BCUT2D eigenvalue weighted by molar-refractivity contribution is 5.75. The molecule has 0 fully saturated rings. The summed E-state index contributed by atoms with van der Waals surface area (Å²) in [7, 11) is 0. The van der Waals surface area contributed by atoms with Crippen LogP contribution in [-0.4, -0.2) is 23.8 Å². The molecule has 122 valence electrons. The molecule has 1 aromatic rings. The fraction of sp³-hybridized carbons (Fsp3) is 0.588. The van der Waals surface area contributed by atoms with Gasteiger partial charge in [-0.1, -0.05) is 19.9 Å². The van der Waals surface area contributed by atoms with Crippen LogP contribution in [0.3, 0.4) is 0 Å². The second-order valence-corrected chi connectivity index (χ2v) is 6.27. The number of halogens is 1. The molecule has 2 amide bonds. The van der Waals surface area contributed by atoms with Crippen molar-refractivity contribution >= 4 is 6.03 Å². The van der Waals surface area contributed by atoms with E-state index < -0.39 is 0 Å². The van der Waals surface area contributed by atoms with Crippen molar-refractivity contribution in [3.05, 3.63) is 35.1 Å². The van der Waals surface area contributed by atoms with Crippen LogP contribution >= 0.6 is 0 Å².